The number of ether oxygens (including phenoxy) is 4. The summed E-state index contributed by atoms with van der Waals surface area (Å²) in [6.07, 6.45) is 2.28. The van der Waals surface area contributed by atoms with Crippen molar-refractivity contribution < 1.29 is 84.7 Å². The number of aliphatic carboxylic acids is 1. The zero-order valence-corrected chi connectivity index (χ0v) is 37.8. The predicted molar refractivity (Wildman–Crippen MR) is 237 cm³/mol. The molecule has 2 bridgehead atoms. The van der Waals surface area contributed by atoms with Gasteiger partial charge in [0.15, 0.2) is 12.1 Å². The van der Waals surface area contributed by atoms with Crippen LogP contribution in [0.5, 0.6) is 0 Å². The van der Waals surface area contributed by atoms with E-state index in [4.69, 9.17) is 24.7 Å². The van der Waals surface area contributed by atoms with Gasteiger partial charge in [-0.05, 0) is 52.4 Å². The molecule has 0 aliphatic carbocycles. The number of allylic oxidation sites excluding steroid dienone is 10. The van der Waals surface area contributed by atoms with Gasteiger partial charge in [-0.25, -0.2) is 0 Å². The first kappa shape index (κ1) is 56.1. The van der Waals surface area contributed by atoms with Crippen molar-refractivity contribution in [3.05, 3.63) is 72.9 Å². The third-order valence-electron chi connectivity index (χ3n) is 12.2. The van der Waals surface area contributed by atoms with Crippen LogP contribution < -0.4 is 5.73 Å². The topological polar surface area (TPSA) is 320 Å². The van der Waals surface area contributed by atoms with Crippen molar-refractivity contribution in [2.24, 2.45) is 23.5 Å². The molecule has 14 unspecified atom stereocenters. The normalized spacial score (nSPS) is 45.2. The average molecular weight is 926 g/mol. The summed E-state index contributed by atoms with van der Waals surface area (Å²) in [5.74, 6) is -6.82. The molecule has 0 radical (unpaired) electrons. The summed E-state index contributed by atoms with van der Waals surface area (Å²) < 4.78 is 23.2. The molecule has 3 rings (SSSR count). The minimum Gasteiger partial charge on any atom is -0.481 e. The van der Waals surface area contributed by atoms with Crippen LogP contribution in [0.25, 0.3) is 0 Å². The van der Waals surface area contributed by atoms with E-state index in [1.165, 1.54) is 13.0 Å². The minimum absolute atomic E-state index is 0.138. The lowest BCUT2D eigenvalue weighted by molar-refractivity contribution is -0.310. The number of cyclic esters (lactones) is 1. The molecule has 3 aliphatic heterocycles. The monoisotopic (exact) mass is 926 g/mol. The number of fused-ring (bicyclic) bond motifs is 2. The summed E-state index contributed by atoms with van der Waals surface area (Å²) in [7, 11) is 0. The quantitative estimate of drug-likeness (QED) is 0.175. The number of aliphatic hydroxyl groups excluding tert-OH is 9. The largest absolute Gasteiger partial charge is 0.481 e. The molecule has 18 nitrogen and oxygen atoms in total. The number of esters is 1. The Morgan fingerprint density at radius 2 is 1.28 bits per heavy atom. The SMILES string of the molecule is CC1/C=C/C=C/CC/C=C/C=C/C=C/C=C\C(O[C@@H]2O[C@H](C)[C@@H](O)[C@H](N)[C@@H]2O)CC2OC(O)(CC(O)C(O)CCC(O)CC(O)CC(O)CC(=O)OC(C)C(C)C1O)CC(O)C2C(=O)O. The zero-order valence-electron chi connectivity index (χ0n) is 37.8. The molecule has 3 heterocycles. The number of aliphatic hydroxyl groups is 10. The molecule has 370 valence electrons. The third-order valence-corrected chi connectivity index (χ3v) is 12.2. The highest BCUT2D eigenvalue weighted by molar-refractivity contribution is 5.71. The van der Waals surface area contributed by atoms with Gasteiger partial charge < -0.3 is 80.9 Å². The van der Waals surface area contributed by atoms with Crippen LogP contribution in [0, 0.1) is 17.8 Å². The van der Waals surface area contributed by atoms with Crippen LogP contribution in [0.15, 0.2) is 72.9 Å². The highest BCUT2D eigenvalue weighted by atomic mass is 16.7. The molecule has 0 spiro atoms. The van der Waals surface area contributed by atoms with Crippen LogP contribution >= 0.6 is 0 Å². The molecule has 19 atom stereocenters. The van der Waals surface area contributed by atoms with Crippen molar-refractivity contribution >= 4 is 11.9 Å². The van der Waals surface area contributed by atoms with Crippen molar-refractivity contribution in [1.29, 1.82) is 0 Å². The minimum atomic E-state index is -2.35. The number of carboxylic acid groups (broad SMARTS) is 1. The van der Waals surface area contributed by atoms with Crippen molar-refractivity contribution in [2.45, 2.75) is 189 Å². The van der Waals surface area contributed by atoms with E-state index in [9.17, 15) is 65.8 Å². The molecule has 0 aromatic rings. The Hall–Kier alpha value is -3.18. The lowest BCUT2D eigenvalue weighted by Crippen LogP contribution is -2.61. The number of carboxylic acids is 1. The van der Waals surface area contributed by atoms with E-state index in [1.807, 2.05) is 49.5 Å². The molecule has 2 saturated heterocycles. The Balaban J connectivity index is 1.84. The van der Waals surface area contributed by atoms with Crippen molar-refractivity contribution in [2.75, 3.05) is 0 Å². The standard InChI is InChI=1S/C47H75NO17/c1-27-17-15-13-11-9-7-5-6-8-10-12-14-16-18-34(64-46-44(58)41(48)43(57)30(4)63-46)24-38-40(45(59)60)37(54)26-47(61,65-38)25-36(53)35(52)20-19-31(49)21-32(50)22-33(51)23-39(55)62-29(3)28(2)42(27)56/h5-6,8,10-18,27-38,40-44,46,49-54,56-58,61H,7,9,19-26,48H2,1-4H3,(H,59,60)/b6-5+,10-8+,13-11+,14-12+,17-15+,18-16-/t27?,28?,29?,30-,31?,32?,33?,34?,35?,36?,37?,38?,40?,41+,42?,43-,44+,46+,47?/m1/s1. The summed E-state index contributed by atoms with van der Waals surface area (Å²) in [6.45, 7) is 6.78. The lowest BCUT2D eigenvalue weighted by atomic mass is 9.82. The molecule has 2 fully saturated rings. The first-order chi connectivity index (χ1) is 30.6. The fourth-order valence-electron chi connectivity index (χ4n) is 8.11. The second-order valence-corrected chi connectivity index (χ2v) is 17.8. The highest BCUT2D eigenvalue weighted by Gasteiger charge is 2.51. The van der Waals surface area contributed by atoms with Gasteiger partial charge in [0.05, 0.1) is 79.6 Å². The first-order valence-electron chi connectivity index (χ1n) is 22.6. The number of hydrogen-bond donors (Lipinski definition) is 12. The van der Waals surface area contributed by atoms with Gasteiger partial charge in [0, 0.05) is 31.1 Å². The highest BCUT2D eigenvalue weighted by Crippen LogP contribution is 2.38. The zero-order chi connectivity index (χ0) is 48.4. The third kappa shape index (κ3) is 18.8. The smallest absolute Gasteiger partial charge is 0.311 e. The number of carbonyl (C=O) groups is 2. The molecule has 0 aromatic carbocycles. The Bertz CT molecular complexity index is 1620. The van der Waals surface area contributed by atoms with Gasteiger partial charge >= 0.3 is 11.9 Å². The molecule has 0 amide bonds. The molecule has 3 aliphatic rings. The van der Waals surface area contributed by atoms with Gasteiger partial charge in [0.1, 0.15) is 18.1 Å². The van der Waals surface area contributed by atoms with E-state index >= 15 is 0 Å². The van der Waals surface area contributed by atoms with Gasteiger partial charge in [-0.2, -0.15) is 0 Å². The Morgan fingerprint density at radius 1 is 0.692 bits per heavy atom. The molecule has 65 heavy (non-hydrogen) atoms. The fraction of sp³-hybridized carbons (Fsp3) is 0.702. The lowest BCUT2D eigenvalue weighted by Gasteiger charge is -2.45. The maximum atomic E-state index is 12.6. The molecule has 0 aromatic heterocycles. The van der Waals surface area contributed by atoms with Crippen molar-refractivity contribution in [3.8, 4) is 0 Å². The van der Waals surface area contributed by atoms with Crippen LogP contribution in [0.4, 0.5) is 0 Å². The second-order valence-electron chi connectivity index (χ2n) is 17.8. The molecule has 18 heteroatoms. The van der Waals surface area contributed by atoms with E-state index in [0.29, 0.717) is 0 Å². The predicted octanol–water partition coefficient (Wildman–Crippen LogP) is 0.936. The van der Waals surface area contributed by atoms with Crippen LogP contribution in [0.1, 0.15) is 91.9 Å². The van der Waals surface area contributed by atoms with E-state index < -0.39 is 141 Å². The number of nitrogens with two attached hydrogens (primary N) is 1. The summed E-state index contributed by atoms with van der Waals surface area (Å²) >= 11 is 0. The average Bonchev–Trinajstić information content (AvgIpc) is 3.21. The van der Waals surface area contributed by atoms with Gasteiger partial charge in [0.25, 0.3) is 0 Å². The van der Waals surface area contributed by atoms with Gasteiger partial charge in [-0.15, -0.1) is 0 Å². The van der Waals surface area contributed by atoms with Crippen LogP contribution in [0.2, 0.25) is 0 Å². The molecule has 0 saturated carbocycles. The number of rotatable bonds is 3. The number of carbonyl (C=O) groups excluding carboxylic acids is 1. The summed E-state index contributed by atoms with van der Waals surface area (Å²) in [4.78, 5) is 25.1. The van der Waals surface area contributed by atoms with Crippen LogP contribution in [-0.2, 0) is 28.5 Å². The van der Waals surface area contributed by atoms with Crippen molar-refractivity contribution in [1.82, 2.24) is 0 Å². The van der Waals surface area contributed by atoms with E-state index in [2.05, 4.69) is 0 Å². The fourth-order valence-corrected chi connectivity index (χ4v) is 8.11. The maximum Gasteiger partial charge on any atom is 0.311 e. The number of hydrogen-bond acceptors (Lipinski definition) is 17. The van der Waals surface area contributed by atoms with Gasteiger partial charge in [0.2, 0.25) is 0 Å². The molecular weight excluding hydrogens is 851 g/mol. The van der Waals surface area contributed by atoms with Crippen LogP contribution in [-0.4, -0.2) is 166 Å². The summed E-state index contributed by atoms with van der Waals surface area (Å²) in [5.41, 5.74) is 6.02. The van der Waals surface area contributed by atoms with Crippen LogP contribution in [0.3, 0.4) is 0 Å². The Morgan fingerprint density at radius 3 is 1.94 bits per heavy atom. The maximum absolute atomic E-state index is 12.6. The van der Waals surface area contributed by atoms with Crippen molar-refractivity contribution in [3.63, 3.8) is 0 Å². The Kier molecular flexibility index (Phi) is 23.8. The molecular formula is C47H75NO17. The molecule has 13 N–H and O–H groups in total. The van der Waals surface area contributed by atoms with Gasteiger partial charge in [-0.1, -0.05) is 86.8 Å². The van der Waals surface area contributed by atoms with E-state index in [-0.39, 0.29) is 38.0 Å². The van der Waals surface area contributed by atoms with E-state index in [0.717, 1.165) is 12.8 Å². The first-order valence-corrected chi connectivity index (χ1v) is 22.6. The summed E-state index contributed by atoms with van der Waals surface area (Å²) in [6, 6.07) is -1.14. The second kappa shape index (κ2) is 27.6. The Labute approximate surface area is 381 Å². The summed E-state index contributed by atoms with van der Waals surface area (Å²) in [5, 5.41) is 118. The van der Waals surface area contributed by atoms with E-state index in [1.54, 1.807) is 38.2 Å². The van der Waals surface area contributed by atoms with Gasteiger partial charge in [-0.3, -0.25) is 9.59 Å².